The Hall–Kier alpha value is -1.13. The fourth-order valence-electron chi connectivity index (χ4n) is 1.94. The molecule has 1 aliphatic heterocycles. The van der Waals surface area contributed by atoms with Crippen molar-refractivity contribution in [3.63, 3.8) is 0 Å². The molecule has 1 aliphatic rings. The molecule has 2 heterocycles. The van der Waals surface area contributed by atoms with Crippen molar-refractivity contribution in [2.75, 3.05) is 13.1 Å². The molecule has 1 aromatic heterocycles. The largest absolute Gasteiger partial charge is 0.457 e. The number of carbonyl (C=O) groups is 1. The Balaban J connectivity index is 1.95. The number of carbonyl (C=O) groups excluding carboxylic acids is 1. The number of rotatable bonds is 3. The van der Waals surface area contributed by atoms with Crippen molar-refractivity contribution in [2.24, 2.45) is 0 Å². The van der Waals surface area contributed by atoms with Gasteiger partial charge in [-0.25, -0.2) is 0 Å². The molecular formula is C11H15NO3. The summed E-state index contributed by atoms with van der Waals surface area (Å²) in [5.41, 5.74) is -0.583. The molecule has 15 heavy (non-hydrogen) atoms. The van der Waals surface area contributed by atoms with Crippen LogP contribution in [0.15, 0.2) is 16.5 Å². The molecule has 0 spiro atoms. The van der Waals surface area contributed by atoms with Crippen LogP contribution in [-0.2, 0) is 6.54 Å². The molecule has 2 rings (SSSR count). The van der Waals surface area contributed by atoms with Crippen LogP contribution in [0.1, 0.15) is 29.7 Å². The maximum absolute atomic E-state index is 10.4. The van der Waals surface area contributed by atoms with E-state index in [4.69, 9.17) is 4.42 Å². The van der Waals surface area contributed by atoms with Crippen LogP contribution in [0.5, 0.6) is 0 Å². The number of hydrogen-bond acceptors (Lipinski definition) is 4. The zero-order chi connectivity index (χ0) is 10.9. The van der Waals surface area contributed by atoms with Gasteiger partial charge in [-0.1, -0.05) is 0 Å². The van der Waals surface area contributed by atoms with Crippen molar-refractivity contribution < 1.29 is 14.3 Å². The van der Waals surface area contributed by atoms with Crippen molar-refractivity contribution >= 4 is 6.29 Å². The number of aldehydes is 1. The topological polar surface area (TPSA) is 53.7 Å². The van der Waals surface area contributed by atoms with E-state index in [1.807, 2.05) is 6.92 Å². The molecule has 0 amide bonds. The Morgan fingerprint density at radius 2 is 2.47 bits per heavy atom. The summed E-state index contributed by atoms with van der Waals surface area (Å²) in [5, 5.41) is 9.77. The maximum Gasteiger partial charge on any atom is 0.185 e. The highest BCUT2D eigenvalue weighted by Crippen LogP contribution is 2.22. The van der Waals surface area contributed by atoms with Crippen LogP contribution in [0, 0.1) is 0 Å². The molecule has 0 aliphatic carbocycles. The van der Waals surface area contributed by atoms with Crippen molar-refractivity contribution in [1.82, 2.24) is 4.90 Å². The molecule has 4 heteroatoms. The normalized spacial score (nSPS) is 27.1. The summed E-state index contributed by atoms with van der Waals surface area (Å²) >= 11 is 0. The molecule has 1 saturated heterocycles. The second kappa shape index (κ2) is 3.79. The van der Waals surface area contributed by atoms with Crippen LogP contribution < -0.4 is 0 Å². The van der Waals surface area contributed by atoms with E-state index in [0.29, 0.717) is 25.1 Å². The highest BCUT2D eigenvalue weighted by atomic mass is 16.3. The summed E-state index contributed by atoms with van der Waals surface area (Å²) in [5.74, 6) is 1.13. The Kier molecular flexibility index (Phi) is 2.63. The minimum absolute atomic E-state index is 0.357. The molecule has 1 unspecified atom stereocenters. The van der Waals surface area contributed by atoms with Gasteiger partial charge in [0.2, 0.25) is 0 Å². The first-order chi connectivity index (χ1) is 7.09. The van der Waals surface area contributed by atoms with Gasteiger partial charge in [-0.15, -0.1) is 0 Å². The summed E-state index contributed by atoms with van der Waals surface area (Å²) in [4.78, 5) is 12.5. The third-order valence-electron chi connectivity index (χ3n) is 2.71. The van der Waals surface area contributed by atoms with Crippen molar-refractivity contribution in [1.29, 1.82) is 0 Å². The zero-order valence-electron chi connectivity index (χ0n) is 8.77. The third-order valence-corrected chi connectivity index (χ3v) is 2.71. The minimum atomic E-state index is -0.583. The lowest BCUT2D eigenvalue weighted by Crippen LogP contribution is -2.29. The number of nitrogens with zero attached hydrogens (tertiary/aromatic N) is 1. The summed E-state index contributed by atoms with van der Waals surface area (Å²) in [6.45, 7) is 4.02. The molecule has 0 aromatic carbocycles. The highest BCUT2D eigenvalue weighted by Gasteiger charge is 2.31. The monoisotopic (exact) mass is 209 g/mol. The quantitative estimate of drug-likeness (QED) is 0.756. The molecule has 1 N–H and O–H groups in total. The molecular weight excluding hydrogens is 194 g/mol. The van der Waals surface area contributed by atoms with E-state index in [-0.39, 0.29) is 0 Å². The first-order valence-corrected chi connectivity index (χ1v) is 5.08. The Morgan fingerprint density at radius 3 is 3.00 bits per heavy atom. The molecule has 1 fully saturated rings. The van der Waals surface area contributed by atoms with Gasteiger partial charge in [0.1, 0.15) is 5.76 Å². The third kappa shape index (κ3) is 2.46. The number of aliphatic hydroxyl groups is 1. The number of likely N-dealkylation sites (tertiary alicyclic amines) is 1. The molecule has 0 radical (unpaired) electrons. The van der Waals surface area contributed by atoms with Gasteiger partial charge in [0.25, 0.3) is 0 Å². The average molecular weight is 209 g/mol. The average Bonchev–Trinajstić information content (AvgIpc) is 2.73. The highest BCUT2D eigenvalue weighted by molar-refractivity contribution is 5.70. The van der Waals surface area contributed by atoms with Crippen LogP contribution in [-0.4, -0.2) is 35.0 Å². The van der Waals surface area contributed by atoms with E-state index in [9.17, 15) is 9.90 Å². The lowest BCUT2D eigenvalue weighted by Gasteiger charge is -2.17. The van der Waals surface area contributed by atoms with E-state index in [2.05, 4.69) is 4.90 Å². The minimum Gasteiger partial charge on any atom is -0.457 e. The molecule has 0 bridgehead atoms. The molecule has 0 saturated carbocycles. The fraction of sp³-hybridized carbons (Fsp3) is 0.545. The Labute approximate surface area is 88.5 Å². The second-order valence-corrected chi connectivity index (χ2v) is 4.38. The first-order valence-electron chi connectivity index (χ1n) is 5.08. The predicted molar refractivity (Wildman–Crippen MR) is 54.6 cm³/mol. The van der Waals surface area contributed by atoms with E-state index in [1.165, 1.54) is 0 Å². The molecule has 1 aromatic rings. The lowest BCUT2D eigenvalue weighted by atomic mass is 10.1. The van der Waals surface area contributed by atoms with Gasteiger partial charge < -0.3 is 9.52 Å². The van der Waals surface area contributed by atoms with Gasteiger partial charge >= 0.3 is 0 Å². The van der Waals surface area contributed by atoms with Gasteiger partial charge in [0.15, 0.2) is 12.0 Å². The lowest BCUT2D eigenvalue weighted by molar-refractivity contribution is 0.0669. The van der Waals surface area contributed by atoms with Gasteiger partial charge in [-0.2, -0.15) is 0 Å². The van der Waals surface area contributed by atoms with E-state index < -0.39 is 5.60 Å². The van der Waals surface area contributed by atoms with Crippen LogP contribution in [0.25, 0.3) is 0 Å². The number of furan rings is 1. The van der Waals surface area contributed by atoms with Gasteiger partial charge in [0.05, 0.1) is 12.1 Å². The van der Waals surface area contributed by atoms with Crippen LogP contribution in [0.3, 0.4) is 0 Å². The fourth-order valence-corrected chi connectivity index (χ4v) is 1.94. The molecule has 82 valence electrons. The summed E-state index contributed by atoms with van der Waals surface area (Å²) < 4.78 is 5.27. The van der Waals surface area contributed by atoms with Crippen LogP contribution in [0.4, 0.5) is 0 Å². The van der Waals surface area contributed by atoms with Crippen molar-refractivity contribution in [3.05, 3.63) is 23.7 Å². The smallest absolute Gasteiger partial charge is 0.185 e. The van der Waals surface area contributed by atoms with Gasteiger partial charge in [0, 0.05) is 13.1 Å². The van der Waals surface area contributed by atoms with Crippen LogP contribution in [0.2, 0.25) is 0 Å². The van der Waals surface area contributed by atoms with Gasteiger partial charge in [-0.3, -0.25) is 9.69 Å². The Bertz CT molecular complexity index is 356. The summed E-state index contributed by atoms with van der Waals surface area (Å²) in [7, 11) is 0. The summed E-state index contributed by atoms with van der Waals surface area (Å²) in [6, 6.07) is 3.47. The van der Waals surface area contributed by atoms with E-state index >= 15 is 0 Å². The van der Waals surface area contributed by atoms with Crippen LogP contribution >= 0.6 is 0 Å². The SMILES string of the molecule is CC1(O)CCN(Cc2ccc(C=O)o2)C1. The maximum atomic E-state index is 10.4. The zero-order valence-corrected chi connectivity index (χ0v) is 8.77. The van der Waals surface area contributed by atoms with E-state index in [0.717, 1.165) is 18.7 Å². The number of β-amino-alcohol motifs (C(OH)–C–C–N with tert-alkyl or cyclic N) is 1. The van der Waals surface area contributed by atoms with Gasteiger partial charge in [-0.05, 0) is 25.5 Å². The standard InChI is InChI=1S/C11H15NO3/c1-11(14)4-5-12(8-11)6-9-2-3-10(7-13)15-9/h2-3,7,14H,4-6,8H2,1H3. The Morgan fingerprint density at radius 1 is 1.67 bits per heavy atom. The molecule has 1 atom stereocenters. The van der Waals surface area contributed by atoms with Crippen molar-refractivity contribution in [3.8, 4) is 0 Å². The summed E-state index contributed by atoms with van der Waals surface area (Å²) in [6.07, 6.45) is 1.48. The second-order valence-electron chi connectivity index (χ2n) is 4.38. The van der Waals surface area contributed by atoms with Crippen molar-refractivity contribution in [2.45, 2.75) is 25.5 Å². The number of hydrogen-bond donors (Lipinski definition) is 1. The predicted octanol–water partition coefficient (Wildman–Crippen LogP) is 1.05. The van der Waals surface area contributed by atoms with E-state index in [1.54, 1.807) is 12.1 Å². The first kappa shape index (κ1) is 10.4. The molecule has 4 nitrogen and oxygen atoms in total.